The van der Waals surface area contributed by atoms with Crippen molar-refractivity contribution in [3.8, 4) is 0 Å². The van der Waals surface area contributed by atoms with Crippen LogP contribution in [0.1, 0.15) is 19.4 Å². The van der Waals surface area contributed by atoms with Gasteiger partial charge >= 0.3 is 0 Å². The number of thiocarbonyl (C=S) groups is 1. The van der Waals surface area contributed by atoms with Gasteiger partial charge in [0.15, 0.2) is 0 Å². The predicted molar refractivity (Wildman–Crippen MR) is 78.2 cm³/mol. The Balaban J connectivity index is 2.94. The molecule has 0 atom stereocenters. The molecule has 18 heavy (non-hydrogen) atoms. The molecule has 0 heterocycles. The van der Waals surface area contributed by atoms with Crippen LogP contribution in [0.2, 0.25) is 5.02 Å². The number of halogens is 1. The van der Waals surface area contributed by atoms with Gasteiger partial charge in [-0.25, -0.2) is 0 Å². The van der Waals surface area contributed by atoms with E-state index in [0.29, 0.717) is 16.3 Å². The van der Waals surface area contributed by atoms with E-state index in [9.17, 15) is 8.42 Å². The van der Waals surface area contributed by atoms with E-state index >= 15 is 0 Å². The zero-order valence-corrected chi connectivity index (χ0v) is 12.3. The third-order valence-electron chi connectivity index (χ3n) is 1.88. The van der Waals surface area contributed by atoms with Crippen molar-refractivity contribution in [2.24, 2.45) is 5.73 Å². The molecule has 5 nitrogen and oxygen atoms in total. The lowest BCUT2D eigenvalue weighted by atomic mass is 10.2. The average Bonchev–Trinajstić information content (AvgIpc) is 2.13. The summed E-state index contributed by atoms with van der Waals surface area (Å²) in [5.74, 6) is 0. The molecule has 0 aliphatic carbocycles. The predicted octanol–water partition coefficient (Wildman–Crippen LogP) is 1.63. The minimum atomic E-state index is -3.61. The maximum atomic E-state index is 11.6. The highest BCUT2D eigenvalue weighted by atomic mass is 35.5. The van der Waals surface area contributed by atoms with Gasteiger partial charge in [0.05, 0.1) is 10.7 Å². The number of rotatable bonds is 5. The first-order valence-corrected chi connectivity index (χ1v) is 7.37. The Morgan fingerprint density at radius 3 is 2.50 bits per heavy atom. The molecule has 4 N–H and O–H groups in total. The Morgan fingerprint density at radius 1 is 1.44 bits per heavy atom. The Hall–Kier alpha value is -0.890. The topological polar surface area (TPSA) is 84.2 Å². The van der Waals surface area contributed by atoms with Gasteiger partial charge in [0, 0.05) is 11.6 Å². The SMILES string of the molecule is CC(C)NS(=O)(=O)Nc1ccc(C(N)=S)c(Cl)c1. The molecule has 0 radical (unpaired) electrons. The van der Waals surface area contributed by atoms with Crippen LogP contribution in [0.4, 0.5) is 5.69 Å². The van der Waals surface area contributed by atoms with Crippen molar-refractivity contribution in [3.63, 3.8) is 0 Å². The van der Waals surface area contributed by atoms with Crippen molar-refractivity contribution in [3.05, 3.63) is 28.8 Å². The van der Waals surface area contributed by atoms with Crippen LogP contribution in [0.25, 0.3) is 0 Å². The summed E-state index contributed by atoms with van der Waals surface area (Å²) in [6.45, 7) is 3.45. The van der Waals surface area contributed by atoms with Crippen molar-refractivity contribution in [2.45, 2.75) is 19.9 Å². The summed E-state index contributed by atoms with van der Waals surface area (Å²) in [6, 6.07) is 4.36. The van der Waals surface area contributed by atoms with E-state index in [0.717, 1.165) is 0 Å². The monoisotopic (exact) mass is 307 g/mol. The van der Waals surface area contributed by atoms with Gasteiger partial charge in [-0.3, -0.25) is 4.72 Å². The molecule has 0 aliphatic rings. The van der Waals surface area contributed by atoms with E-state index < -0.39 is 10.2 Å². The standard InChI is InChI=1S/C10H14ClN3O2S2/c1-6(2)13-18(15,16)14-7-3-4-8(10(12)17)9(11)5-7/h3-6,13-14H,1-2H3,(H2,12,17). The van der Waals surface area contributed by atoms with Crippen LogP contribution in [0.5, 0.6) is 0 Å². The van der Waals surface area contributed by atoms with E-state index in [1.54, 1.807) is 26.0 Å². The molecule has 0 unspecified atom stereocenters. The largest absolute Gasteiger partial charge is 0.389 e. The first-order chi connectivity index (χ1) is 8.21. The zero-order valence-electron chi connectivity index (χ0n) is 9.90. The molecule has 0 aromatic heterocycles. The van der Waals surface area contributed by atoms with Crippen LogP contribution >= 0.6 is 23.8 Å². The van der Waals surface area contributed by atoms with Gasteiger partial charge in [-0.2, -0.15) is 13.1 Å². The van der Waals surface area contributed by atoms with Crippen molar-refractivity contribution >= 4 is 44.7 Å². The van der Waals surface area contributed by atoms with Crippen molar-refractivity contribution < 1.29 is 8.42 Å². The molecule has 1 aromatic rings. The Labute approximate surface area is 117 Å². The minimum absolute atomic E-state index is 0.162. The number of hydrogen-bond acceptors (Lipinski definition) is 3. The molecule has 0 bridgehead atoms. The van der Waals surface area contributed by atoms with Gasteiger partial charge in [-0.1, -0.05) is 23.8 Å². The van der Waals surface area contributed by atoms with Crippen LogP contribution in [0.15, 0.2) is 18.2 Å². The molecular formula is C10H14ClN3O2S2. The van der Waals surface area contributed by atoms with Crippen molar-refractivity contribution in [1.29, 1.82) is 0 Å². The molecule has 100 valence electrons. The third-order valence-corrected chi connectivity index (χ3v) is 3.70. The fraction of sp³-hybridized carbons (Fsp3) is 0.300. The van der Waals surface area contributed by atoms with Crippen LogP contribution < -0.4 is 15.2 Å². The van der Waals surface area contributed by atoms with Gasteiger partial charge in [0.2, 0.25) is 0 Å². The van der Waals surface area contributed by atoms with Crippen LogP contribution in [-0.4, -0.2) is 19.4 Å². The summed E-state index contributed by atoms with van der Waals surface area (Å²) >= 11 is 10.7. The molecule has 0 saturated heterocycles. The second kappa shape index (κ2) is 5.83. The van der Waals surface area contributed by atoms with Crippen LogP contribution in [-0.2, 0) is 10.2 Å². The fourth-order valence-corrected chi connectivity index (χ4v) is 2.91. The van der Waals surface area contributed by atoms with Gasteiger partial charge in [0.25, 0.3) is 10.2 Å². The highest BCUT2D eigenvalue weighted by Crippen LogP contribution is 2.21. The Bertz CT molecular complexity index is 558. The number of hydrogen-bond donors (Lipinski definition) is 3. The smallest absolute Gasteiger partial charge is 0.299 e. The normalized spacial score (nSPS) is 11.6. The van der Waals surface area contributed by atoms with Gasteiger partial charge in [-0.05, 0) is 32.0 Å². The highest BCUT2D eigenvalue weighted by Gasteiger charge is 2.12. The summed E-state index contributed by atoms with van der Waals surface area (Å²) in [6.07, 6.45) is 0. The summed E-state index contributed by atoms with van der Waals surface area (Å²) in [5, 5.41) is 0.298. The first kappa shape index (κ1) is 15.2. The van der Waals surface area contributed by atoms with E-state index in [4.69, 9.17) is 29.6 Å². The first-order valence-electron chi connectivity index (χ1n) is 5.10. The highest BCUT2D eigenvalue weighted by molar-refractivity contribution is 7.90. The average molecular weight is 308 g/mol. The molecular weight excluding hydrogens is 294 g/mol. The quantitative estimate of drug-likeness (QED) is 0.722. The number of nitrogens with two attached hydrogens (primary N) is 1. The van der Waals surface area contributed by atoms with Gasteiger partial charge in [0.1, 0.15) is 4.99 Å². The van der Waals surface area contributed by atoms with Crippen molar-refractivity contribution in [2.75, 3.05) is 4.72 Å². The zero-order chi connectivity index (χ0) is 13.9. The maximum absolute atomic E-state index is 11.6. The van der Waals surface area contributed by atoms with E-state index in [2.05, 4.69) is 9.44 Å². The number of anilines is 1. The molecule has 0 spiro atoms. The van der Waals surface area contributed by atoms with E-state index in [1.807, 2.05) is 0 Å². The summed E-state index contributed by atoms with van der Waals surface area (Å²) in [4.78, 5) is 0.162. The Kier molecular flexibility index (Phi) is 4.92. The maximum Gasteiger partial charge on any atom is 0.299 e. The molecule has 0 aliphatic heterocycles. The van der Waals surface area contributed by atoms with Gasteiger partial charge < -0.3 is 5.73 Å². The molecule has 1 rings (SSSR count). The summed E-state index contributed by atoms with van der Waals surface area (Å²) in [5.41, 5.74) is 6.30. The van der Waals surface area contributed by atoms with Crippen LogP contribution in [0, 0.1) is 0 Å². The second-order valence-corrected chi connectivity index (χ2v) is 6.23. The molecule has 8 heteroatoms. The van der Waals surface area contributed by atoms with Gasteiger partial charge in [-0.15, -0.1) is 0 Å². The Morgan fingerprint density at radius 2 is 2.06 bits per heavy atom. The fourth-order valence-electron chi connectivity index (χ4n) is 1.27. The lowest BCUT2D eigenvalue weighted by Crippen LogP contribution is -2.35. The summed E-state index contributed by atoms with van der Waals surface area (Å²) in [7, 11) is -3.61. The molecule has 1 aromatic carbocycles. The number of benzene rings is 1. The van der Waals surface area contributed by atoms with E-state index in [1.165, 1.54) is 6.07 Å². The third kappa shape index (κ3) is 4.41. The molecule has 0 amide bonds. The minimum Gasteiger partial charge on any atom is -0.389 e. The summed E-state index contributed by atoms with van der Waals surface area (Å²) < 4.78 is 28.0. The van der Waals surface area contributed by atoms with Crippen LogP contribution in [0.3, 0.4) is 0 Å². The molecule has 0 saturated carbocycles. The molecule has 0 fully saturated rings. The van der Waals surface area contributed by atoms with E-state index in [-0.39, 0.29) is 11.0 Å². The second-order valence-electron chi connectivity index (χ2n) is 3.94. The lowest BCUT2D eigenvalue weighted by Gasteiger charge is -2.12. The number of nitrogens with one attached hydrogen (secondary N) is 2. The lowest BCUT2D eigenvalue weighted by molar-refractivity contribution is 0.575. The van der Waals surface area contributed by atoms with Crippen molar-refractivity contribution in [1.82, 2.24) is 4.72 Å².